The van der Waals surface area contributed by atoms with E-state index in [1.54, 1.807) is 24.1 Å². The van der Waals surface area contributed by atoms with Crippen molar-refractivity contribution >= 4 is 51.7 Å². The Morgan fingerprint density at radius 3 is 2.54 bits per heavy atom. The topological polar surface area (TPSA) is 81.0 Å². The number of carbonyl (C=O) groups is 1. The van der Waals surface area contributed by atoms with Crippen LogP contribution < -0.4 is 10.1 Å². The highest BCUT2D eigenvalue weighted by Crippen LogP contribution is 2.46. The highest BCUT2D eigenvalue weighted by Gasteiger charge is 2.38. The van der Waals surface area contributed by atoms with E-state index in [0.29, 0.717) is 34.4 Å². The molecule has 1 amide bonds. The molecular weight excluding hydrogens is 526 g/mol. The third-order valence-electron chi connectivity index (χ3n) is 6.29. The zero-order valence-corrected chi connectivity index (χ0v) is 23.5. The van der Waals surface area contributed by atoms with Gasteiger partial charge in [-0.25, -0.2) is 4.99 Å². The normalized spacial score (nSPS) is 17.9. The van der Waals surface area contributed by atoms with Crippen LogP contribution in [0.3, 0.4) is 0 Å². The van der Waals surface area contributed by atoms with Crippen LogP contribution in [0.4, 0.5) is 11.4 Å². The quantitative estimate of drug-likeness (QED) is 0.330. The lowest BCUT2D eigenvalue weighted by Gasteiger charge is -2.19. The van der Waals surface area contributed by atoms with E-state index < -0.39 is 0 Å². The van der Waals surface area contributed by atoms with Crippen LogP contribution >= 0.6 is 23.5 Å². The molecular formula is C30H27N5O2S2. The number of amides is 1. The van der Waals surface area contributed by atoms with Crippen molar-refractivity contribution in [3.05, 3.63) is 105 Å². The number of amidine groups is 1. The predicted octanol–water partition coefficient (Wildman–Crippen LogP) is 6.61. The fourth-order valence-electron chi connectivity index (χ4n) is 4.27. The number of methoxy groups -OCH3 is 1. The van der Waals surface area contributed by atoms with Crippen molar-refractivity contribution in [1.29, 1.82) is 5.26 Å². The molecule has 0 unspecified atom stereocenters. The Labute approximate surface area is 236 Å². The van der Waals surface area contributed by atoms with E-state index in [9.17, 15) is 10.1 Å². The van der Waals surface area contributed by atoms with E-state index in [-0.39, 0.29) is 5.91 Å². The molecule has 0 bridgehead atoms. The summed E-state index contributed by atoms with van der Waals surface area (Å²) in [4.78, 5) is 23.3. The van der Waals surface area contributed by atoms with Gasteiger partial charge in [0.05, 0.1) is 47.4 Å². The van der Waals surface area contributed by atoms with Crippen molar-refractivity contribution in [2.24, 2.45) is 4.99 Å². The number of ether oxygens (including phenoxy) is 1. The minimum atomic E-state index is -0.0947. The number of benzene rings is 3. The number of nitrogens with one attached hydrogen (secondary N) is 1. The summed E-state index contributed by atoms with van der Waals surface area (Å²) < 4.78 is 5.30. The van der Waals surface area contributed by atoms with Gasteiger partial charge in [0.15, 0.2) is 5.17 Å². The SMILES string of the molecule is CCNc1ccc(C#N)cc1N=C1SC(=C2SC=C(c3ccc(OC)cc3)N2C)C(=O)N1Cc1ccccc1. The Kier molecular flexibility index (Phi) is 7.96. The molecule has 0 spiro atoms. The highest BCUT2D eigenvalue weighted by atomic mass is 32.2. The monoisotopic (exact) mass is 553 g/mol. The molecule has 1 fully saturated rings. The number of thioether (sulfide) groups is 2. The smallest absolute Gasteiger partial charge is 0.269 e. The number of anilines is 1. The van der Waals surface area contributed by atoms with E-state index in [0.717, 1.165) is 33.3 Å². The second kappa shape index (κ2) is 11.7. The summed E-state index contributed by atoms with van der Waals surface area (Å²) in [7, 11) is 3.62. The molecule has 9 heteroatoms. The number of hydrogen-bond acceptors (Lipinski definition) is 8. The van der Waals surface area contributed by atoms with Gasteiger partial charge in [0, 0.05) is 19.0 Å². The average molecular weight is 554 g/mol. The van der Waals surface area contributed by atoms with Crippen LogP contribution in [-0.4, -0.2) is 41.6 Å². The highest BCUT2D eigenvalue weighted by molar-refractivity contribution is 8.19. The molecule has 2 heterocycles. The van der Waals surface area contributed by atoms with Crippen molar-refractivity contribution in [3.63, 3.8) is 0 Å². The number of nitrogens with zero attached hydrogens (tertiary/aromatic N) is 4. The zero-order valence-electron chi connectivity index (χ0n) is 21.8. The van der Waals surface area contributed by atoms with Crippen LogP contribution in [0.25, 0.3) is 5.70 Å². The Bertz CT molecular complexity index is 1530. The van der Waals surface area contributed by atoms with Crippen molar-refractivity contribution in [2.75, 3.05) is 26.0 Å². The minimum Gasteiger partial charge on any atom is -0.497 e. The molecule has 1 N–H and O–H groups in total. The van der Waals surface area contributed by atoms with Crippen LogP contribution in [0.15, 0.2) is 93.1 Å². The fourth-order valence-corrected chi connectivity index (χ4v) is 6.51. The van der Waals surface area contributed by atoms with Crippen LogP contribution in [0, 0.1) is 11.3 Å². The van der Waals surface area contributed by atoms with Gasteiger partial charge in [-0.15, -0.1) is 0 Å². The molecule has 0 atom stereocenters. The molecule has 2 aliphatic rings. The first-order valence-electron chi connectivity index (χ1n) is 12.4. The maximum Gasteiger partial charge on any atom is 0.269 e. The number of aliphatic imine (C=N–C) groups is 1. The zero-order chi connectivity index (χ0) is 27.4. The molecule has 0 aromatic heterocycles. The lowest BCUT2D eigenvalue weighted by molar-refractivity contribution is -0.122. The average Bonchev–Trinajstić information content (AvgIpc) is 3.49. The molecule has 196 valence electrons. The molecule has 0 saturated carbocycles. The Morgan fingerprint density at radius 2 is 1.85 bits per heavy atom. The molecule has 0 aliphatic carbocycles. The third-order valence-corrected chi connectivity index (χ3v) is 8.52. The second-order valence-electron chi connectivity index (χ2n) is 8.79. The Hall–Kier alpha value is -4.13. The Balaban J connectivity index is 1.53. The first-order chi connectivity index (χ1) is 19.0. The molecule has 3 aromatic carbocycles. The van der Waals surface area contributed by atoms with Gasteiger partial charge >= 0.3 is 0 Å². The summed E-state index contributed by atoms with van der Waals surface area (Å²) in [6, 6.07) is 25.3. The van der Waals surface area contributed by atoms with Crippen LogP contribution in [0.5, 0.6) is 5.75 Å². The second-order valence-corrected chi connectivity index (χ2v) is 10.6. The first-order valence-corrected chi connectivity index (χ1v) is 14.1. The van der Waals surface area contributed by atoms with Gasteiger partial charge in [0.2, 0.25) is 0 Å². The van der Waals surface area contributed by atoms with Crippen LogP contribution in [0.2, 0.25) is 0 Å². The number of carbonyl (C=O) groups excluding carboxylic acids is 1. The van der Waals surface area contributed by atoms with Gasteiger partial charge in [-0.1, -0.05) is 42.1 Å². The van der Waals surface area contributed by atoms with Crippen LogP contribution in [0.1, 0.15) is 23.6 Å². The summed E-state index contributed by atoms with van der Waals surface area (Å²) >= 11 is 2.90. The predicted molar refractivity (Wildman–Crippen MR) is 160 cm³/mol. The maximum absolute atomic E-state index is 13.9. The van der Waals surface area contributed by atoms with Gasteiger partial charge in [-0.2, -0.15) is 5.26 Å². The van der Waals surface area contributed by atoms with Crippen LogP contribution in [-0.2, 0) is 11.3 Å². The maximum atomic E-state index is 13.9. The van der Waals surface area contributed by atoms with Crippen molar-refractivity contribution in [1.82, 2.24) is 9.80 Å². The van der Waals surface area contributed by atoms with E-state index in [1.807, 2.05) is 74.6 Å². The summed E-state index contributed by atoms with van der Waals surface area (Å²) in [5.74, 6) is 0.699. The largest absolute Gasteiger partial charge is 0.497 e. The van der Waals surface area contributed by atoms with Gasteiger partial charge in [0.1, 0.15) is 10.7 Å². The number of hydrogen-bond donors (Lipinski definition) is 1. The third kappa shape index (κ3) is 5.53. The summed E-state index contributed by atoms with van der Waals surface area (Å²) in [5, 5.41) is 16.3. The van der Waals surface area contributed by atoms with E-state index >= 15 is 0 Å². The molecule has 0 radical (unpaired) electrons. The Morgan fingerprint density at radius 1 is 1.08 bits per heavy atom. The van der Waals surface area contributed by atoms with Crippen molar-refractivity contribution < 1.29 is 9.53 Å². The molecule has 2 aliphatic heterocycles. The summed E-state index contributed by atoms with van der Waals surface area (Å²) in [5.41, 5.74) is 5.00. The molecule has 3 aromatic rings. The van der Waals surface area contributed by atoms with Gasteiger partial charge < -0.3 is 15.0 Å². The summed E-state index contributed by atoms with van der Waals surface area (Å²) in [6.07, 6.45) is 0. The lowest BCUT2D eigenvalue weighted by Crippen LogP contribution is -2.29. The first kappa shape index (κ1) is 26.5. The molecule has 1 saturated heterocycles. The van der Waals surface area contributed by atoms with E-state index in [1.165, 1.54) is 23.5 Å². The van der Waals surface area contributed by atoms with E-state index in [4.69, 9.17) is 9.73 Å². The minimum absolute atomic E-state index is 0.0947. The molecule has 5 rings (SSSR count). The van der Waals surface area contributed by atoms with Crippen molar-refractivity contribution in [3.8, 4) is 11.8 Å². The molecule has 7 nitrogen and oxygen atoms in total. The van der Waals surface area contributed by atoms with Gasteiger partial charge in [-0.05, 0) is 72.3 Å². The van der Waals surface area contributed by atoms with Gasteiger partial charge in [0.25, 0.3) is 5.91 Å². The standard InChI is InChI=1S/C30H27N5O2S2/c1-4-32-24-15-10-21(17-31)16-25(24)33-30-35(18-20-8-6-5-7-9-20)28(36)27(39-30)29-34(2)26(19-38-29)22-11-13-23(37-3)14-12-22/h5-16,19,32H,4,18H2,1-3H3. The molecule has 39 heavy (non-hydrogen) atoms. The lowest BCUT2D eigenvalue weighted by atomic mass is 10.1. The number of nitriles is 1. The summed E-state index contributed by atoms with van der Waals surface area (Å²) in [6.45, 7) is 3.11. The van der Waals surface area contributed by atoms with Crippen molar-refractivity contribution in [2.45, 2.75) is 13.5 Å². The fraction of sp³-hybridized carbons (Fsp3) is 0.167. The van der Waals surface area contributed by atoms with E-state index in [2.05, 4.69) is 21.7 Å². The number of rotatable bonds is 7. The van der Waals surface area contributed by atoms with Gasteiger partial charge in [-0.3, -0.25) is 9.69 Å².